The van der Waals surface area contributed by atoms with Gasteiger partial charge in [0, 0.05) is 5.41 Å². The highest BCUT2D eigenvalue weighted by Crippen LogP contribution is 2.38. The summed E-state index contributed by atoms with van der Waals surface area (Å²) in [5, 5.41) is 20.4. The maximum Gasteiger partial charge on any atom is 0.0620 e. The Balaban J connectivity index is 4.68. The molecule has 0 saturated carbocycles. The van der Waals surface area contributed by atoms with Crippen LogP contribution in [0.2, 0.25) is 0 Å². The molecule has 2 unspecified atom stereocenters. The van der Waals surface area contributed by atoms with Crippen LogP contribution in [-0.2, 0) is 0 Å². The van der Waals surface area contributed by atoms with E-state index in [-0.39, 0.29) is 17.6 Å². The van der Waals surface area contributed by atoms with E-state index < -0.39 is 0 Å². The maximum absolute atomic E-state index is 10.2. The Morgan fingerprint density at radius 1 is 0.800 bits per heavy atom. The third kappa shape index (κ3) is 3.46. The molecular weight excluding hydrogens is 188 g/mol. The lowest BCUT2D eigenvalue weighted by atomic mass is 9.70. The summed E-state index contributed by atoms with van der Waals surface area (Å²) < 4.78 is 0. The zero-order valence-corrected chi connectivity index (χ0v) is 10.8. The Bertz CT molecular complexity index is 139. The number of hydrogen-bond acceptors (Lipinski definition) is 2. The van der Waals surface area contributed by atoms with Crippen LogP contribution in [0.5, 0.6) is 0 Å². The fraction of sp³-hybridized carbons (Fsp3) is 1.00. The fourth-order valence-corrected chi connectivity index (χ4v) is 2.54. The topological polar surface area (TPSA) is 40.5 Å². The molecular formula is C13H28O2. The van der Waals surface area contributed by atoms with Crippen LogP contribution in [-0.4, -0.2) is 22.4 Å². The fourth-order valence-electron chi connectivity index (χ4n) is 2.54. The van der Waals surface area contributed by atoms with E-state index in [1.165, 1.54) is 0 Å². The average molecular weight is 216 g/mol. The van der Waals surface area contributed by atoms with E-state index in [1.54, 1.807) is 0 Å². The van der Waals surface area contributed by atoms with Gasteiger partial charge in [0.05, 0.1) is 12.2 Å². The second-order valence-electron chi connectivity index (χ2n) is 4.55. The quantitative estimate of drug-likeness (QED) is 0.654. The van der Waals surface area contributed by atoms with Crippen LogP contribution in [0.4, 0.5) is 0 Å². The molecule has 92 valence electrons. The van der Waals surface area contributed by atoms with Gasteiger partial charge in [-0.05, 0) is 25.7 Å². The minimum Gasteiger partial charge on any atom is -0.392 e. The van der Waals surface area contributed by atoms with Crippen LogP contribution in [0, 0.1) is 5.41 Å². The van der Waals surface area contributed by atoms with E-state index in [0.717, 1.165) is 38.5 Å². The van der Waals surface area contributed by atoms with Crippen molar-refractivity contribution in [2.45, 2.75) is 78.4 Å². The zero-order chi connectivity index (χ0) is 11.9. The molecule has 2 nitrogen and oxygen atoms in total. The van der Waals surface area contributed by atoms with E-state index in [1.807, 2.05) is 0 Å². The highest BCUT2D eigenvalue weighted by Gasteiger charge is 2.40. The van der Waals surface area contributed by atoms with Gasteiger partial charge in [-0.15, -0.1) is 0 Å². The Hall–Kier alpha value is -0.0800. The lowest BCUT2D eigenvalue weighted by Crippen LogP contribution is -2.44. The summed E-state index contributed by atoms with van der Waals surface area (Å²) in [7, 11) is 0. The summed E-state index contributed by atoms with van der Waals surface area (Å²) in [5.74, 6) is 0. The van der Waals surface area contributed by atoms with Crippen LogP contribution in [0.15, 0.2) is 0 Å². The first kappa shape index (κ1) is 14.9. The molecule has 0 fully saturated rings. The molecule has 0 saturated heterocycles. The van der Waals surface area contributed by atoms with Gasteiger partial charge in [0.15, 0.2) is 0 Å². The SMILES string of the molecule is CCCC(O)C(CC)(CC)C(O)CCC. The van der Waals surface area contributed by atoms with Crippen molar-refractivity contribution in [1.29, 1.82) is 0 Å². The van der Waals surface area contributed by atoms with Gasteiger partial charge in [0.1, 0.15) is 0 Å². The molecule has 0 aromatic carbocycles. The minimum absolute atomic E-state index is 0.286. The highest BCUT2D eigenvalue weighted by molar-refractivity contribution is 4.90. The van der Waals surface area contributed by atoms with Gasteiger partial charge in [0.2, 0.25) is 0 Å². The first-order valence-corrected chi connectivity index (χ1v) is 6.45. The standard InChI is InChI=1S/C13H28O2/c1-5-9-11(14)13(7-3,8-4)12(15)10-6-2/h11-12,14-15H,5-10H2,1-4H3. The lowest BCUT2D eigenvalue weighted by molar-refractivity contribution is -0.0824. The second kappa shape index (κ2) is 7.24. The molecule has 0 aromatic heterocycles. The summed E-state index contributed by atoms with van der Waals surface area (Å²) in [5.41, 5.74) is -0.286. The summed E-state index contributed by atoms with van der Waals surface area (Å²) in [6, 6.07) is 0. The van der Waals surface area contributed by atoms with Crippen LogP contribution < -0.4 is 0 Å². The third-order valence-corrected chi connectivity index (χ3v) is 3.77. The molecule has 0 aromatic rings. The van der Waals surface area contributed by atoms with Gasteiger partial charge >= 0.3 is 0 Å². The van der Waals surface area contributed by atoms with Gasteiger partial charge < -0.3 is 10.2 Å². The highest BCUT2D eigenvalue weighted by atomic mass is 16.3. The van der Waals surface area contributed by atoms with Crippen LogP contribution in [0.3, 0.4) is 0 Å². The molecule has 0 heterocycles. The maximum atomic E-state index is 10.2. The van der Waals surface area contributed by atoms with E-state index in [2.05, 4.69) is 27.7 Å². The molecule has 0 spiro atoms. The summed E-state index contributed by atoms with van der Waals surface area (Å²) >= 11 is 0. The van der Waals surface area contributed by atoms with Crippen LogP contribution in [0.25, 0.3) is 0 Å². The van der Waals surface area contributed by atoms with Crippen molar-refractivity contribution in [3.8, 4) is 0 Å². The van der Waals surface area contributed by atoms with Crippen molar-refractivity contribution < 1.29 is 10.2 Å². The summed E-state index contributed by atoms with van der Waals surface area (Å²) in [4.78, 5) is 0. The molecule has 2 N–H and O–H groups in total. The average Bonchev–Trinajstić information content (AvgIpc) is 2.21. The predicted octanol–water partition coefficient (Wildman–Crippen LogP) is 3.11. The van der Waals surface area contributed by atoms with E-state index >= 15 is 0 Å². The van der Waals surface area contributed by atoms with Crippen molar-refractivity contribution in [1.82, 2.24) is 0 Å². The minimum atomic E-state index is -0.362. The lowest BCUT2D eigenvalue weighted by Gasteiger charge is -2.41. The monoisotopic (exact) mass is 216 g/mol. The van der Waals surface area contributed by atoms with Gasteiger partial charge in [0.25, 0.3) is 0 Å². The summed E-state index contributed by atoms with van der Waals surface area (Å²) in [6.07, 6.45) is 4.52. The van der Waals surface area contributed by atoms with Gasteiger partial charge in [-0.3, -0.25) is 0 Å². The Labute approximate surface area is 94.7 Å². The molecule has 15 heavy (non-hydrogen) atoms. The molecule has 0 aliphatic carbocycles. The van der Waals surface area contributed by atoms with E-state index in [9.17, 15) is 10.2 Å². The molecule has 2 atom stereocenters. The Morgan fingerprint density at radius 3 is 1.33 bits per heavy atom. The molecule has 2 heteroatoms. The van der Waals surface area contributed by atoms with Gasteiger partial charge in [-0.25, -0.2) is 0 Å². The molecule has 0 aliphatic heterocycles. The Morgan fingerprint density at radius 2 is 1.13 bits per heavy atom. The first-order valence-electron chi connectivity index (χ1n) is 6.45. The molecule has 0 amide bonds. The zero-order valence-electron chi connectivity index (χ0n) is 10.8. The molecule has 0 aliphatic rings. The van der Waals surface area contributed by atoms with E-state index in [4.69, 9.17) is 0 Å². The van der Waals surface area contributed by atoms with Gasteiger partial charge in [-0.1, -0.05) is 40.5 Å². The van der Waals surface area contributed by atoms with Crippen molar-refractivity contribution in [3.05, 3.63) is 0 Å². The first-order chi connectivity index (χ1) is 7.08. The Kier molecular flexibility index (Phi) is 7.20. The normalized spacial score (nSPS) is 16.4. The predicted molar refractivity (Wildman–Crippen MR) is 64.8 cm³/mol. The second-order valence-corrected chi connectivity index (χ2v) is 4.55. The van der Waals surface area contributed by atoms with Crippen molar-refractivity contribution >= 4 is 0 Å². The number of rotatable bonds is 8. The van der Waals surface area contributed by atoms with E-state index in [0.29, 0.717) is 0 Å². The van der Waals surface area contributed by atoms with Crippen LogP contribution in [0.1, 0.15) is 66.2 Å². The van der Waals surface area contributed by atoms with Crippen molar-refractivity contribution in [2.24, 2.45) is 5.41 Å². The number of aliphatic hydroxyl groups is 2. The van der Waals surface area contributed by atoms with Crippen molar-refractivity contribution in [3.63, 3.8) is 0 Å². The van der Waals surface area contributed by atoms with Gasteiger partial charge in [-0.2, -0.15) is 0 Å². The largest absolute Gasteiger partial charge is 0.392 e. The van der Waals surface area contributed by atoms with Crippen LogP contribution >= 0.6 is 0 Å². The molecule has 0 radical (unpaired) electrons. The molecule has 0 rings (SSSR count). The number of aliphatic hydroxyl groups excluding tert-OH is 2. The smallest absolute Gasteiger partial charge is 0.0620 e. The van der Waals surface area contributed by atoms with Crippen molar-refractivity contribution in [2.75, 3.05) is 0 Å². The molecule has 0 bridgehead atoms. The third-order valence-electron chi connectivity index (χ3n) is 3.77. The number of hydrogen-bond donors (Lipinski definition) is 2. The summed E-state index contributed by atoms with van der Waals surface area (Å²) in [6.45, 7) is 8.29.